The smallest absolute Gasteiger partial charge is 0.129 e. The molecule has 0 bridgehead atoms. The van der Waals surface area contributed by atoms with Gasteiger partial charge >= 0.3 is 0 Å². The first kappa shape index (κ1) is 32.2. The minimum Gasteiger partial charge on any atom is -0.375 e. The van der Waals surface area contributed by atoms with Crippen molar-refractivity contribution < 1.29 is 4.79 Å². The topological polar surface area (TPSA) is 32.3 Å². The second kappa shape index (κ2) is 25.8. The van der Waals surface area contributed by atoms with Crippen molar-refractivity contribution in [3.63, 3.8) is 0 Å². The van der Waals surface area contributed by atoms with Crippen LogP contribution in [0.25, 0.3) is 0 Å². The molecule has 0 saturated heterocycles. The van der Waals surface area contributed by atoms with Gasteiger partial charge in [-0.15, -0.1) is 0 Å². The van der Waals surface area contributed by atoms with Crippen LogP contribution in [-0.4, -0.2) is 36.9 Å². The number of ketones is 1. The van der Waals surface area contributed by atoms with Crippen LogP contribution in [0.1, 0.15) is 149 Å². The number of allylic oxidation sites excluding steroid dienone is 1. The minimum atomic E-state index is 0.331. The van der Waals surface area contributed by atoms with Crippen molar-refractivity contribution in [2.75, 3.05) is 26.2 Å². The van der Waals surface area contributed by atoms with Crippen molar-refractivity contribution in [1.29, 1.82) is 0 Å². The van der Waals surface area contributed by atoms with E-state index >= 15 is 0 Å². The van der Waals surface area contributed by atoms with Crippen LogP contribution in [0.15, 0.2) is 12.3 Å². The third-order valence-corrected chi connectivity index (χ3v) is 6.67. The Morgan fingerprint density at radius 1 is 0.667 bits per heavy atom. The molecule has 0 heterocycles. The number of carbonyl (C=O) groups is 1. The number of hydrogen-bond acceptors (Lipinski definition) is 3. The second-order valence-corrected chi connectivity index (χ2v) is 10.2. The Kier molecular flexibility index (Phi) is 25.1. The van der Waals surface area contributed by atoms with Gasteiger partial charge in [-0.25, -0.2) is 0 Å². The summed E-state index contributed by atoms with van der Waals surface area (Å²) in [6.45, 7) is 15.2. The van der Waals surface area contributed by atoms with Crippen molar-refractivity contribution in [3.8, 4) is 0 Å². The van der Waals surface area contributed by atoms with E-state index in [2.05, 4.69) is 30.6 Å². The predicted molar refractivity (Wildman–Crippen MR) is 148 cm³/mol. The molecule has 1 N–H and O–H groups in total. The van der Waals surface area contributed by atoms with E-state index in [1.54, 1.807) is 6.92 Å². The van der Waals surface area contributed by atoms with Gasteiger partial charge in [0.05, 0.1) is 0 Å². The monoisotopic (exact) mass is 464 g/mol. The number of carbonyl (C=O) groups excluding carboxylic acids is 1. The molecule has 0 aromatic carbocycles. The fourth-order valence-corrected chi connectivity index (χ4v) is 4.48. The summed E-state index contributed by atoms with van der Waals surface area (Å²) in [6, 6.07) is 0. The molecule has 3 nitrogen and oxygen atoms in total. The van der Waals surface area contributed by atoms with E-state index in [1.807, 2.05) is 0 Å². The molecule has 3 heteroatoms. The second-order valence-electron chi connectivity index (χ2n) is 10.2. The number of unbranched alkanes of at least 4 members (excludes halogenated alkanes) is 9. The predicted octanol–water partition coefficient (Wildman–Crippen LogP) is 8.82. The Bertz CT molecular complexity index is 423. The first-order valence-electron chi connectivity index (χ1n) is 14.7. The van der Waals surface area contributed by atoms with Crippen molar-refractivity contribution in [2.45, 2.75) is 149 Å². The lowest BCUT2D eigenvalue weighted by molar-refractivity contribution is -0.117. The van der Waals surface area contributed by atoms with Crippen LogP contribution in [0, 0.1) is 0 Å². The maximum atomic E-state index is 10.9. The van der Waals surface area contributed by atoms with Crippen LogP contribution in [0.3, 0.4) is 0 Å². The molecule has 1 saturated carbocycles. The zero-order valence-corrected chi connectivity index (χ0v) is 23.0. The normalized spacial score (nSPS) is 12.9. The first-order valence-corrected chi connectivity index (χ1v) is 14.7. The summed E-state index contributed by atoms with van der Waals surface area (Å²) in [5, 5.41) is 3.58. The Hall–Kier alpha value is -0.830. The van der Waals surface area contributed by atoms with Crippen molar-refractivity contribution >= 4 is 5.78 Å². The molecule has 0 aromatic rings. The van der Waals surface area contributed by atoms with E-state index in [9.17, 15) is 4.79 Å². The van der Waals surface area contributed by atoms with Gasteiger partial charge in [-0.1, -0.05) is 97.5 Å². The average molecular weight is 465 g/mol. The number of rotatable bonds is 22. The van der Waals surface area contributed by atoms with Gasteiger partial charge in [0.2, 0.25) is 0 Å². The minimum absolute atomic E-state index is 0.331. The standard InChI is InChI=1S/C25H50N2O.C5H10/c1-5-7-23-27(22-6-2)24(3)18-14-10-8-12-16-20-26-21-17-13-9-11-15-19-25(4)28;1-2-4-5-3-1/h26H,3,5-23H2,1-2,4H3;1-5H2. The van der Waals surface area contributed by atoms with Gasteiger partial charge in [0.25, 0.3) is 0 Å². The zero-order valence-electron chi connectivity index (χ0n) is 23.0. The Morgan fingerprint density at radius 3 is 1.64 bits per heavy atom. The summed E-state index contributed by atoms with van der Waals surface area (Å²) in [5.74, 6) is 0.331. The van der Waals surface area contributed by atoms with Crippen LogP contribution in [0.2, 0.25) is 0 Å². The molecule has 33 heavy (non-hydrogen) atoms. The number of nitrogens with one attached hydrogen (secondary N) is 1. The molecule has 1 fully saturated rings. The maximum Gasteiger partial charge on any atom is 0.129 e. The van der Waals surface area contributed by atoms with Gasteiger partial charge < -0.3 is 15.0 Å². The van der Waals surface area contributed by atoms with E-state index < -0.39 is 0 Å². The molecule has 0 radical (unpaired) electrons. The largest absolute Gasteiger partial charge is 0.375 e. The Labute approximate surface area is 208 Å². The molecule has 0 unspecified atom stereocenters. The molecule has 0 amide bonds. The quantitative estimate of drug-likeness (QED) is 0.162. The number of nitrogens with zero attached hydrogens (tertiary/aromatic N) is 1. The highest BCUT2D eigenvalue weighted by Crippen LogP contribution is 2.16. The summed E-state index contributed by atoms with van der Waals surface area (Å²) in [5.41, 5.74) is 1.36. The third kappa shape index (κ3) is 24.1. The number of hydrogen-bond donors (Lipinski definition) is 1. The maximum absolute atomic E-state index is 10.9. The van der Waals surface area contributed by atoms with E-state index in [-0.39, 0.29) is 0 Å². The summed E-state index contributed by atoms with van der Waals surface area (Å²) in [4.78, 5) is 13.4. The summed E-state index contributed by atoms with van der Waals surface area (Å²) in [6.07, 6.45) is 26.0. The van der Waals surface area contributed by atoms with E-state index in [0.29, 0.717) is 5.78 Å². The Morgan fingerprint density at radius 2 is 1.15 bits per heavy atom. The van der Waals surface area contributed by atoms with Gasteiger partial charge in [0.15, 0.2) is 0 Å². The van der Waals surface area contributed by atoms with Crippen LogP contribution in [0.4, 0.5) is 0 Å². The van der Waals surface area contributed by atoms with Crippen molar-refractivity contribution in [1.82, 2.24) is 10.2 Å². The first-order chi connectivity index (χ1) is 16.1. The van der Waals surface area contributed by atoms with Crippen LogP contribution >= 0.6 is 0 Å². The molecule has 1 rings (SSSR count). The Balaban J connectivity index is 0.00000179. The van der Waals surface area contributed by atoms with Gasteiger partial charge in [-0.3, -0.25) is 0 Å². The third-order valence-electron chi connectivity index (χ3n) is 6.67. The number of Topliss-reactive ketones (excluding diaryl/α,β-unsaturated/α-hetero) is 1. The molecule has 1 aliphatic rings. The van der Waals surface area contributed by atoms with Crippen LogP contribution in [-0.2, 0) is 4.79 Å². The lowest BCUT2D eigenvalue weighted by Gasteiger charge is -2.26. The van der Waals surface area contributed by atoms with Gasteiger partial charge in [-0.2, -0.15) is 0 Å². The van der Waals surface area contributed by atoms with E-state index in [0.717, 1.165) is 19.4 Å². The molecule has 0 aliphatic heterocycles. The van der Waals surface area contributed by atoms with Gasteiger partial charge in [-0.05, 0) is 65.0 Å². The zero-order chi connectivity index (χ0) is 24.4. The molecule has 0 aromatic heterocycles. The van der Waals surface area contributed by atoms with Crippen LogP contribution < -0.4 is 5.32 Å². The van der Waals surface area contributed by atoms with E-state index in [1.165, 1.54) is 141 Å². The molecule has 1 aliphatic carbocycles. The molecule has 0 atom stereocenters. The molecular weight excluding hydrogens is 404 g/mol. The lowest BCUT2D eigenvalue weighted by Crippen LogP contribution is -2.24. The van der Waals surface area contributed by atoms with E-state index in [4.69, 9.17) is 0 Å². The fraction of sp³-hybridized carbons (Fsp3) is 0.900. The fourth-order valence-electron chi connectivity index (χ4n) is 4.48. The summed E-state index contributed by atoms with van der Waals surface area (Å²) < 4.78 is 0. The van der Waals surface area contributed by atoms with Gasteiger partial charge in [0.1, 0.15) is 5.78 Å². The lowest BCUT2D eigenvalue weighted by atomic mass is 10.1. The molecule has 0 spiro atoms. The summed E-state index contributed by atoms with van der Waals surface area (Å²) in [7, 11) is 0. The van der Waals surface area contributed by atoms with Gasteiger partial charge in [0, 0.05) is 25.2 Å². The highest BCUT2D eigenvalue weighted by atomic mass is 16.1. The van der Waals surface area contributed by atoms with Crippen LogP contribution in [0.5, 0.6) is 0 Å². The SMILES string of the molecule is C1CCCC1.C=C(CCCCCCCNCCCCCCCC(C)=O)N(CCC)CCCC. The molecule has 196 valence electrons. The summed E-state index contributed by atoms with van der Waals surface area (Å²) >= 11 is 0. The highest BCUT2D eigenvalue weighted by Gasteiger charge is 2.05. The highest BCUT2D eigenvalue weighted by molar-refractivity contribution is 5.75. The average Bonchev–Trinajstić information content (AvgIpc) is 3.39. The van der Waals surface area contributed by atoms with Crippen molar-refractivity contribution in [3.05, 3.63) is 12.3 Å². The van der Waals surface area contributed by atoms with Crippen molar-refractivity contribution in [2.24, 2.45) is 0 Å². The molecular formula is C30H60N2O.